The molecule has 1 unspecified atom stereocenters. The lowest BCUT2D eigenvalue weighted by Gasteiger charge is -2.13. The molecule has 2 aliphatic rings. The largest absolute Gasteiger partial charge is 0.507 e. The molecule has 1 fully saturated rings. The average molecular weight is 330 g/mol. The Morgan fingerprint density at radius 3 is 2.61 bits per heavy atom. The zero-order valence-corrected chi connectivity index (χ0v) is 13.1. The van der Waals surface area contributed by atoms with Gasteiger partial charge in [0.15, 0.2) is 12.2 Å². The highest BCUT2D eigenvalue weighted by atomic mass is 32.2. The first-order valence-electron chi connectivity index (χ1n) is 7.25. The molecule has 118 valence electrons. The lowest BCUT2D eigenvalue weighted by atomic mass is 10.1. The van der Waals surface area contributed by atoms with Gasteiger partial charge in [-0.15, -0.1) is 0 Å². The molecule has 2 heterocycles. The van der Waals surface area contributed by atoms with Gasteiger partial charge in [0.25, 0.3) is 0 Å². The van der Waals surface area contributed by atoms with Crippen molar-refractivity contribution in [3.63, 3.8) is 0 Å². The number of hydrogen-bond acceptors (Lipinski definition) is 5. The second kappa shape index (κ2) is 5.09. The summed E-state index contributed by atoms with van der Waals surface area (Å²) in [4.78, 5) is 12.3. The zero-order chi connectivity index (χ0) is 16.1. The number of aromatic hydroxyl groups is 1. The molecule has 0 radical (unpaired) electrons. The summed E-state index contributed by atoms with van der Waals surface area (Å²) in [6.45, 7) is 1.95. The second-order valence-corrected chi connectivity index (χ2v) is 7.10. The summed E-state index contributed by atoms with van der Waals surface area (Å²) in [5, 5.41) is 10.3. The Bertz CT molecular complexity index is 828. The molecule has 1 saturated heterocycles. The van der Waals surface area contributed by atoms with Crippen molar-refractivity contribution in [3.8, 4) is 11.5 Å². The van der Waals surface area contributed by atoms with E-state index < -0.39 is 23.0 Å². The smallest absolute Gasteiger partial charge is 0.310 e. The third-order valence-corrected chi connectivity index (χ3v) is 5.58. The van der Waals surface area contributed by atoms with Crippen molar-refractivity contribution in [3.05, 3.63) is 47.5 Å². The minimum absolute atomic E-state index is 0.0881. The summed E-state index contributed by atoms with van der Waals surface area (Å²) >= 11 is 0. The maximum atomic E-state index is 13.0. The van der Waals surface area contributed by atoms with E-state index in [2.05, 4.69) is 0 Å². The Balaban J connectivity index is 1.84. The van der Waals surface area contributed by atoms with E-state index in [1.54, 1.807) is 18.2 Å². The zero-order valence-electron chi connectivity index (χ0n) is 12.3. The molecule has 2 aromatic carbocycles. The number of phenols is 1. The Morgan fingerprint density at radius 2 is 1.87 bits per heavy atom. The first kappa shape index (κ1) is 14.3. The number of rotatable bonds is 2. The van der Waals surface area contributed by atoms with Crippen molar-refractivity contribution in [2.45, 2.75) is 35.3 Å². The lowest BCUT2D eigenvalue weighted by molar-refractivity contribution is -0.141. The number of carbonyl (C=O) groups is 1. The summed E-state index contributed by atoms with van der Waals surface area (Å²) in [6.07, 6.45) is -0.849. The first-order chi connectivity index (χ1) is 11.0. The normalized spacial score (nSPS) is 22.9. The van der Waals surface area contributed by atoms with Crippen LogP contribution in [-0.4, -0.2) is 21.4 Å². The van der Waals surface area contributed by atoms with Crippen molar-refractivity contribution >= 4 is 16.8 Å². The molecule has 1 N–H and O–H groups in total. The van der Waals surface area contributed by atoms with Gasteiger partial charge in [0.1, 0.15) is 11.5 Å². The maximum absolute atomic E-state index is 13.0. The Labute approximate surface area is 135 Å². The fourth-order valence-corrected chi connectivity index (χ4v) is 4.26. The van der Waals surface area contributed by atoms with Crippen LogP contribution in [0.3, 0.4) is 0 Å². The van der Waals surface area contributed by atoms with E-state index in [1.807, 2.05) is 19.1 Å². The van der Waals surface area contributed by atoms with Gasteiger partial charge < -0.3 is 14.6 Å². The minimum atomic E-state index is -1.59. The standard InChI is InChI=1S/C17H14O5S/c1-9-2-4-10(5-3-9)23(20)17-11(18)6-7-12-15(17)16-13(21-12)8-14(19)22-16/h2-7,13,16,18H,8H2,1H3/t13-,16+,23?/m1/s1. The molecule has 0 spiro atoms. The van der Waals surface area contributed by atoms with Crippen LogP contribution in [0.2, 0.25) is 0 Å². The minimum Gasteiger partial charge on any atom is -0.507 e. The molecule has 0 aliphatic carbocycles. The molecule has 0 aromatic heterocycles. The van der Waals surface area contributed by atoms with Crippen LogP contribution < -0.4 is 4.74 Å². The topological polar surface area (TPSA) is 72.8 Å². The summed E-state index contributed by atoms with van der Waals surface area (Å²) < 4.78 is 24.0. The summed E-state index contributed by atoms with van der Waals surface area (Å²) in [6, 6.07) is 10.3. The average Bonchev–Trinajstić information content (AvgIpc) is 3.03. The van der Waals surface area contributed by atoms with Gasteiger partial charge in [-0.1, -0.05) is 17.7 Å². The fourth-order valence-electron chi connectivity index (χ4n) is 2.96. The maximum Gasteiger partial charge on any atom is 0.310 e. The van der Waals surface area contributed by atoms with Crippen LogP contribution in [0.1, 0.15) is 23.7 Å². The van der Waals surface area contributed by atoms with Gasteiger partial charge in [-0.05, 0) is 31.2 Å². The highest BCUT2D eigenvalue weighted by molar-refractivity contribution is 7.85. The molecule has 0 amide bonds. The Morgan fingerprint density at radius 1 is 1.13 bits per heavy atom. The van der Waals surface area contributed by atoms with Gasteiger partial charge in [-0.3, -0.25) is 4.79 Å². The van der Waals surface area contributed by atoms with Gasteiger partial charge >= 0.3 is 5.97 Å². The predicted octanol–water partition coefficient (Wildman–Crippen LogP) is 2.62. The van der Waals surface area contributed by atoms with Crippen LogP contribution in [0.25, 0.3) is 0 Å². The molecule has 6 heteroatoms. The number of esters is 1. The first-order valence-corrected chi connectivity index (χ1v) is 8.40. The summed E-state index contributed by atoms with van der Waals surface area (Å²) in [7, 11) is -1.59. The number of benzene rings is 2. The van der Waals surface area contributed by atoms with Gasteiger partial charge in [-0.25, -0.2) is 4.21 Å². The van der Waals surface area contributed by atoms with Crippen molar-refractivity contribution < 1.29 is 23.6 Å². The molecule has 23 heavy (non-hydrogen) atoms. The number of ether oxygens (including phenoxy) is 2. The van der Waals surface area contributed by atoms with Crippen LogP contribution in [0.5, 0.6) is 11.5 Å². The van der Waals surface area contributed by atoms with E-state index in [0.29, 0.717) is 16.2 Å². The van der Waals surface area contributed by atoms with Crippen molar-refractivity contribution in [2.24, 2.45) is 0 Å². The van der Waals surface area contributed by atoms with Crippen LogP contribution in [0.4, 0.5) is 0 Å². The van der Waals surface area contributed by atoms with Gasteiger partial charge in [0.05, 0.1) is 27.7 Å². The highest BCUT2D eigenvalue weighted by Crippen LogP contribution is 2.49. The molecular formula is C17H14O5S. The van der Waals surface area contributed by atoms with Crippen LogP contribution in [0.15, 0.2) is 46.2 Å². The number of aryl methyl sites for hydroxylation is 1. The molecule has 2 aliphatic heterocycles. The van der Waals surface area contributed by atoms with Gasteiger partial charge in [-0.2, -0.15) is 0 Å². The second-order valence-electron chi connectivity index (χ2n) is 5.68. The molecule has 0 saturated carbocycles. The third-order valence-electron chi connectivity index (χ3n) is 4.08. The van der Waals surface area contributed by atoms with Crippen LogP contribution in [0, 0.1) is 6.92 Å². The molecule has 3 atom stereocenters. The third kappa shape index (κ3) is 2.21. The number of fused-ring (bicyclic) bond motifs is 3. The van der Waals surface area contributed by atoms with E-state index in [-0.39, 0.29) is 23.0 Å². The van der Waals surface area contributed by atoms with Crippen molar-refractivity contribution in [1.82, 2.24) is 0 Å². The SMILES string of the molecule is Cc1ccc(S(=O)c2c(O)ccc3c2[C@H]2OC(=O)C[C@H]2O3)cc1. The van der Waals surface area contributed by atoms with E-state index in [4.69, 9.17) is 9.47 Å². The summed E-state index contributed by atoms with van der Waals surface area (Å²) in [5.41, 5.74) is 1.57. The monoisotopic (exact) mass is 330 g/mol. The van der Waals surface area contributed by atoms with Gasteiger partial charge in [0, 0.05) is 4.90 Å². The number of carbonyl (C=O) groups excluding carboxylic acids is 1. The van der Waals surface area contributed by atoms with Crippen LogP contribution in [-0.2, 0) is 20.3 Å². The lowest BCUT2D eigenvalue weighted by Crippen LogP contribution is -2.12. The van der Waals surface area contributed by atoms with Gasteiger partial charge in [0.2, 0.25) is 0 Å². The summed E-state index contributed by atoms with van der Waals surface area (Å²) in [5.74, 6) is 0.0803. The van der Waals surface area contributed by atoms with E-state index in [0.717, 1.165) is 5.56 Å². The fraction of sp³-hybridized carbons (Fsp3) is 0.235. The quantitative estimate of drug-likeness (QED) is 0.857. The highest BCUT2D eigenvalue weighted by Gasteiger charge is 2.47. The van der Waals surface area contributed by atoms with E-state index in [9.17, 15) is 14.1 Å². The number of phenolic OH excluding ortho intramolecular Hbond substituents is 1. The Kier molecular flexibility index (Phi) is 3.16. The number of hydrogen-bond donors (Lipinski definition) is 1. The van der Waals surface area contributed by atoms with Crippen molar-refractivity contribution in [1.29, 1.82) is 0 Å². The molecule has 4 rings (SSSR count). The van der Waals surface area contributed by atoms with E-state index >= 15 is 0 Å². The Hall–Kier alpha value is -2.34. The van der Waals surface area contributed by atoms with Crippen molar-refractivity contribution in [2.75, 3.05) is 0 Å². The molecule has 5 nitrogen and oxygen atoms in total. The molecule has 2 aromatic rings. The van der Waals surface area contributed by atoms with E-state index in [1.165, 1.54) is 6.07 Å². The molecular weight excluding hydrogens is 316 g/mol. The molecule has 0 bridgehead atoms. The van der Waals surface area contributed by atoms with Crippen LogP contribution >= 0.6 is 0 Å². The predicted molar refractivity (Wildman–Crippen MR) is 81.8 cm³/mol.